The molecule has 3 nitrogen and oxygen atoms in total. The lowest BCUT2D eigenvalue weighted by Gasteiger charge is -2.34. The minimum Gasteiger partial charge on any atom is -0.309 e. The molecule has 0 saturated heterocycles. The number of fused-ring (bicyclic) bond motifs is 6. The van der Waals surface area contributed by atoms with Crippen LogP contribution in [0.2, 0.25) is 0 Å². The fraction of sp³-hybridized carbons (Fsp3) is 0.119. The Labute approximate surface area is 265 Å². The second kappa shape index (κ2) is 10.9. The summed E-state index contributed by atoms with van der Waals surface area (Å²) in [5.74, 6) is 0. The molecule has 8 rings (SSSR count). The van der Waals surface area contributed by atoms with Gasteiger partial charge in [0.15, 0.2) is 0 Å². The molecule has 2 aromatic heterocycles. The van der Waals surface area contributed by atoms with Crippen LogP contribution in [0.15, 0.2) is 129 Å². The van der Waals surface area contributed by atoms with Crippen molar-refractivity contribution >= 4 is 61.8 Å². The average molecular weight is 584 g/mol. The van der Waals surface area contributed by atoms with Crippen molar-refractivity contribution in [3.05, 3.63) is 151 Å². The quantitative estimate of drug-likeness (QED) is 0.201. The Morgan fingerprint density at radius 2 is 1.42 bits per heavy atom. The summed E-state index contributed by atoms with van der Waals surface area (Å²) in [7, 11) is 0. The van der Waals surface area contributed by atoms with Crippen molar-refractivity contribution in [1.29, 1.82) is 0 Å². The second-order valence-corrected chi connectivity index (χ2v) is 11.8. The summed E-state index contributed by atoms with van der Waals surface area (Å²) in [5, 5.41) is 4.78. The zero-order chi connectivity index (χ0) is 31.3. The van der Waals surface area contributed by atoms with Gasteiger partial charge in [0, 0.05) is 33.5 Å². The van der Waals surface area contributed by atoms with E-state index in [1.54, 1.807) is 0 Å². The van der Waals surface area contributed by atoms with Crippen molar-refractivity contribution in [3.8, 4) is 5.69 Å². The summed E-state index contributed by atoms with van der Waals surface area (Å²) in [6, 6.07) is 37.3. The van der Waals surface area contributed by atoms with Crippen molar-refractivity contribution < 1.29 is 0 Å². The van der Waals surface area contributed by atoms with Gasteiger partial charge in [-0.2, -0.15) is 0 Å². The predicted molar refractivity (Wildman–Crippen MR) is 194 cm³/mol. The Balaban J connectivity index is 0.00000160. The maximum atomic E-state index is 4.52. The molecule has 1 aliphatic heterocycles. The van der Waals surface area contributed by atoms with E-state index in [1.807, 2.05) is 44.5 Å². The van der Waals surface area contributed by atoms with Crippen molar-refractivity contribution in [2.45, 2.75) is 33.1 Å². The monoisotopic (exact) mass is 583 g/mol. The Morgan fingerprint density at radius 1 is 0.689 bits per heavy atom. The number of para-hydroxylation sites is 2. The lowest BCUT2D eigenvalue weighted by molar-refractivity contribution is 0.630. The maximum absolute atomic E-state index is 4.52. The summed E-state index contributed by atoms with van der Waals surface area (Å²) in [6.07, 6.45) is 7.60. The van der Waals surface area contributed by atoms with Crippen LogP contribution in [-0.4, -0.2) is 9.55 Å². The van der Waals surface area contributed by atoms with Crippen molar-refractivity contribution in [1.82, 2.24) is 9.55 Å². The smallest absolute Gasteiger partial charge is 0.0645 e. The van der Waals surface area contributed by atoms with E-state index in [2.05, 4.69) is 139 Å². The molecule has 1 aliphatic rings. The van der Waals surface area contributed by atoms with Crippen molar-refractivity contribution in [2.75, 3.05) is 4.90 Å². The molecular weight excluding hydrogens is 546 g/mol. The first-order valence-corrected chi connectivity index (χ1v) is 15.7. The zero-order valence-corrected chi connectivity index (χ0v) is 26.4. The second-order valence-electron chi connectivity index (χ2n) is 11.8. The highest BCUT2D eigenvalue weighted by Crippen LogP contribution is 2.49. The molecule has 45 heavy (non-hydrogen) atoms. The molecule has 0 unspecified atom stereocenters. The summed E-state index contributed by atoms with van der Waals surface area (Å²) in [5.41, 5.74) is 11.6. The van der Waals surface area contributed by atoms with Crippen LogP contribution in [0, 0.1) is 0 Å². The molecule has 0 N–H and O–H groups in total. The van der Waals surface area contributed by atoms with E-state index < -0.39 is 0 Å². The molecule has 0 fully saturated rings. The van der Waals surface area contributed by atoms with Crippen LogP contribution in [0.3, 0.4) is 0 Å². The number of rotatable bonds is 5. The van der Waals surface area contributed by atoms with Gasteiger partial charge in [-0.15, -0.1) is 0 Å². The third kappa shape index (κ3) is 4.15. The van der Waals surface area contributed by atoms with Crippen LogP contribution in [0.5, 0.6) is 0 Å². The molecular formula is C42H37N3. The van der Waals surface area contributed by atoms with Crippen molar-refractivity contribution in [3.63, 3.8) is 0 Å². The Kier molecular flexibility index (Phi) is 6.90. The normalized spacial score (nSPS) is 12.8. The summed E-state index contributed by atoms with van der Waals surface area (Å²) in [6.45, 7) is 16.9. The number of aromatic nitrogens is 2. The highest BCUT2D eigenvalue weighted by atomic mass is 15.1. The lowest BCUT2D eigenvalue weighted by Crippen LogP contribution is -2.26. The Morgan fingerprint density at radius 3 is 2.18 bits per heavy atom. The molecule has 3 heterocycles. The molecule has 7 aromatic rings. The van der Waals surface area contributed by atoms with Gasteiger partial charge in [0.1, 0.15) is 0 Å². The first-order valence-electron chi connectivity index (χ1n) is 15.7. The predicted octanol–water partition coefficient (Wildman–Crippen LogP) is 11.8. The van der Waals surface area contributed by atoms with E-state index in [0.29, 0.717) is 0 Å². The van der Waals surface area contributed by atoms with Crippen LogP contribution < -0.4 is 4.90 Å². The standard InChI is InChI=1S/C40H31N3.C2H6/c1-5-26-23-38(31-15-8-7-14-30(31)29(26)6-2)42(28-13-12-22-41-25-28)27-20-21-36-33(24-27)32-16-11-18-35-39(32)43(36)37-19-10-9-17-34(37)40(35,3)4;1-2/h5-25H,1-2H2,3-4H3;1-2H3. The van der Waals surface area contributed by atoms with Crippen LogP contribution in [-0.2, 0) is 5.41 Å². The number of hydrogen-bond acceptors (Lipinski definition) is 2. The summed E-state index contributed by atoms with van der Waals surface area (Å²) >= 11 is 0. The molecule has 0 saturated carbocycles. The third-order valence-corrected chi connectivity index (χ3v) is 9.19. The SMILES string of the molecule is C=Cc1cc(N(c2cccnc2)c2ccc3c(c2)c2cccc4c2n3-c2ccccc2C4(C)C)c2ccccc2c1C=C.CC. The van der Waals surface area contributed by atoms with E-state index >= 15 is 0 Å². The minimum atomic E-state index is -0.0993. The summed E-state index contributed by atoms with van der Waals surface area (Å²) in [4.78, 5) is 6.84. The van der Waals surface area contributed by atoms with E-state index in [4.69, 9.17) is 0 Å². The van der Waals surface area contributed by atoms with E-state index in [-0.39, 0.29) is 5.41 Å². The maximum Gasteiger partial charge on any atom is 0.0645 e. The average Bonchev–Trinajstić information content (AvgIpc) is 3.43. The van der Waals surface area contributed by atoms with Crippen molar-refractivity contribution in [2.24, 2.45) is 0 Å². The molecule has 0 radical (unpaired) electrons. The topological polar surface area (TPSA) is 21.1 Å². The van der Waals surface area contributed by atoms with Gasteiger partial charge in [-0.25, -0.2) is 0 Å². The first-order chi connectivity index (χ1) is 22.0. The van der Waals surface area contributed by atoms with Gasteiger partial charge < -0.3 is 9.47 Å². The zero-order valence-electron chi connectivity index (χ0n) is 26.4. The number of hydrogen-bond donors (Lipinski definition) is 0. The van der Waals surface area contributed by atoms with E-state index in [1.165, 1.54) is 38.6 Å². The van der Waals surface area contributed by atoms with Crippen LogP contribution in [0.25, 0.3) is 50.4 Å². The van der Waals surface area contributed by atoms with Gasteiger partial charge in [-0.3, -0.25) is 4.98 Å². The molecule has 0 spiro atoms. The van der Waals surface area contributed by atoms with Gasteiger partial charge in [0.2, 0.25) is 0 Å². The molecule has 0 bridgehead atoms. The van der Waals surface area contributed by atoms with E-state index in [9.17, 15) is 0 Å². The van der Waals surface area contributed by atoms with E-state index in [0.717, 1.165) is 39.0 Å². The molecule has 0 aliphatic carbocycles. The van der Waals surface area contributed by atoms with Gasteiger partial charge in [0.05, 0.1) is 34.3 Å². The number of pyridine rings is 1. The van der Waals surface area contributed by atoms with Gasteiger partial charge in [-0.05, 0) is 70.1 Å². The third-order valence-electron chi connectivity index (χ3n) is 9.19. The molecule has 0 atom stereocenters. The van der Waals surface area contributed by atoms with Crippen LogP contribution in [0.4, 0.5) is 17.1 Å². The first kappa shape index (κ1) is 28.4. The highest BCUT2D eigenvalue weighted by Gasteiger charge is 2.35. The largest absolute Gasteiger partial charge is 0.309 e. The fourth-order valence-electron chi connectivity index (χ4n) is 7.19. The van der Waals surface area contributed by atoms with Gasteiger partial charge in [-0.1, -0.05) is 114 Å². The molecule has 0 amide bonds. The minimum absolute atomic E-state index is 0.0993. The number of benzene rings is 5. The van der Waals surface area contributed by atoms with Crippen LogP contribution in [0.1, 0.15) is 49.9 Å². The molecule has 3 heteroatoms. The highest BCUT2D eigenvalue weighted by molar-refractivity contribution is 6.13. The van der Waals surface area contributed by atoms with Crippen LogP contribution >= 0.6 is 0 Å². The Bertz CT molecular complexity index is 2250. The molecule has 220 valence electrons. The molecule has 5 aromatic carbocycles. The van der Waals surface area contributed by atoms with Gasteiger partial charge >= 0.3 is 0 Å². The fourth-order valence-corrected chi connectivity index (χ4v) is 7.19. The Hall–Kier alpha value is -5.41. The summed E-state index contributed by atoms with van der Waals surface area (Å²) < 4.78 is 2.46. The van der Waals surface area contributed by atoms with Gasteiger partial charge in [0.25, 0.3) is 0 Å². The lowest BCUT2D eigenvalue weighted by atomic mass is 9.75. The number of nitrogens with zero attached hydrogens (tertiary/aromatic N) is 3. The number of anilines is 3.